The predicted molar refractivity (Wildman–Crippen MR) is 91.3 cm³/mol. The zero-order valence-electron chi connectivity index (χ0n) is 17.1. The normalized spacial score (nSPS) is 8.82. The first-order valence-corrected chi connectivity index (χ1v) is 18.1. The molecule has 0 saturated heterocycles. The van der Waals surface area contributed by atoms with Crippen molar-refractivity contribution >= 4 is 5.97 Å². The van der Waals surface area contributed by atoms with Crippen molar-refractivity contribution in [3.8, 4) is 0 Å². The minimum atomic E-state index is -4.41. The third kappa shape index (κ3) is 56.3. The molecule has 28 heavy (non-hydrogen) atoms. The molecule has 0 saturated carbocycles. The molecule has 0 aromatic heterocycles. The standard InChI is InChI=1S/C18H36O2.2Nd.6O/c1-2-3-4-5-6-7-8-9-10-11-12-13-14-15-16-17-18(19)20;;;;;;;;/h2-17H2,1H3,(H,19,20);;;;;;;;. The summed E-state index contributed by atoms with van der Waals surface area (Å²) in [6.07, 6.45) is 20.2. The topological polar surface area (TPSA) is 140 Å². The summed E-state index contributed by atoms with van der Waals surface area (Å²) in [5.41, 5.74) is 0. The second-order valence-corrected chi connectivity index (χ2v) is 9.80. The van der Waals surface area contributed by atoms with Crippen molar-refractivity contribution in [1.82, 2.24) is 0 Å². The van der Waals surface area contributed by atoms with Crippen molar-refractivity contribution in [2.24, 2.45) is 0 Å². The van der Waals surface area contributed by atoms with Crippen molar-refractivity contribution in [1.29, 1.82) is 0 Å². The zero-order chi connectivity index (χ0) is 22.0. The van der Waals surface area contributed by atoms with E-state index in [4.69, 9.17) is 11.4 Å². The van der Waals surface area contributed by atoms with E-state index in [1.54, 1.807) is 0 Å². The van der Waals surface area contributed by atoms with Gasteiger partial charge in [-0.3, -0.25) is 4.79 Å². The van der Waals surface area contributed by atoms with Gasteiger partial charge in [0.25, 0.3) is 0 Å². The van der Waals surface area contributed by atoms with E-state index >= 15 is 0 Å². The summed E-state index contributed by atoms with van der Waals surface area (Å²) >= 11 is -8.81. The molecular formula is C18H36Nd2O8. The number of hydrogen-bond acceptors (Lipinski definition) is 7. The molecule has 0 rings (SSSR count). The van der Waals surface area contributed by atoms with E-state index in [0.717, 1.165) is 12.8 Å². The van der Waals surface area contributed by atoms with E-state index in [2.05, 4.69) is 6.92 Å². The molecule has 0 spiro atoms. The van der Waals surface area contributed by atoms with Crippen LogP contribution in [0.15, 0.2) is 0 Å². The van der Waals surface area contributed by atoms with Crippen LogP contribution in [0.3, 0.4) is 0 Å². The Hall–Kier alpha value is 0.971. The van der Waals surface area contributed by atoms with E-state index in [0.29, 0.717) is 6.42 Å². The summed E-state index contributed by atoms with van der Waals surface area (Å²) in [6, 6.07) is 0. The summed E-state index contributed by atoms with van der Waals surface area (Å²) in [7, 11) is 0. The van der Waals surface area contributed by atoms with Crippen LogP contribution < -0.4 is 0 Å². The molecule has 0 amide bonds. The molecule has 0 aromatic carbocycles. The van der Waals surface area contributed by atoms with Gasteiger partial charge in [0, 0.05) is 6.42 Å². The third-order valence-electron chi connectivity index (χ3n) is 3.99. The van der Waals surface area contributed by atoms with E-state index in [1.165, 1.54) is 83.5 Å². The predicted octanol–water partition coefficient (Wildman–Crippen LogP) is 5.62. The fraction of sp³-hybridized carbons (Fsp3) is 0.944. The number of hydrogen-bond donors (Lipinski definition) is 1. The number of carboxylic acids is 1. The minimum absolute atomic E-state index is 0.345. The van der Waals surface area contributed by atoms with Gasteiger partial charge in [-0.25, -0.2) is 0 Å². The quantitative estimate of drug-likeness (QED) is 0.209. The summed E-state index contributed by atoms with van der Waals surface area (Å²) in [5.74, 6) is -0.653. The Morgan fingerprint density at radius 3 is 0.964 bits per heavy atom. The molecule has 1 N–H and O–H groups in total. The molecular weight excluding hydrogens is 633 g/mol. The number of unbranched alkanes of at least 4 members (excludes halogenated alkanes) is 14. The van der Waals surface area contributed by atoms with Gasteiger partial charge in [0.1, 0.15) is 0 Å². The van der Waals surface area contributed by atoms with Crippen molar-refractivity contribution in [2.75, 3.05) is 0 Å². The van der Waals surface area contributed by atoms with Crippen molar-refractivity contribution in [2.45, 2.75) is 110 Å². The van der Waals surface area contributed by atoms with Gasteiger partial charge < -0.3 is 5.11 Å². The molecule has 8 nitrogen and oxygen atoms in total. The fourth-order valence-electron chi connectivity index (χ4n) is 2.65. The van der Waals surface area contributed by atoms with Crippen molar-refractivity contribution in [3.05, 3.63) is 0 Å². The van der Waals surface area contributed by atoms with Crippen LogP contribution in [0, 0.1) is 70.0 Å². The Kier molecular flexibility index (Phi) is 36.2. The van der Waals surface area contributed by atoms with Gasteiger partial charge in [-0.15, -0.1) is 0 Å². The molecule has 0 radical (unpaired) electrons. The van der Waals surface area contributed by atoms with Gasteiger partial charge in [0.15, 0.2) is 0 Å². The van der Waals surface area contributed by atoms with E-state index in [9.17, 15) is 4.79 Å². The summed E-state index contributed by atoms with van der Waals surface area (Å²) in [6.45, 7) is 2.27. The first kappa shape index (κ1) is 33.6. The Morgan fingerprint density at radius 2 is 0.750 bits per heavy atom. The van der Waals surface area contributed by atoms with Crippen LogP contribution in [0.2, 0.25) is 0 Å². The summed E-state index contributed by atoms with van der Waals surface area (Å²) in [5, 5.41) is 8.52. The van der Waals surface area contributed by atoms with Gasteiger partial charge in [0.05, 0.1) is 0 Å². The second-order valence-electron chi connectivity index (χ2n) is 6.59. The Morgan fingerprint density at radius 1 is 0.536 bits per heavy atom. The van der Waals surface area contributed by atoms with E-state index in [-0.39, 0.29) is 0 Å². The fourth-order valence-corrected chi connectivity index (χ4v) is 2.65. The first-order chi connectivity index (χ1) is 13.2. The Balaban J connectivity index is -0.000000656. The zero-order valence-corrected chi connectivity index (χ0v) is 23.5. The maximum atomic E-state index is 10.3. The molecule has 0 unspecified atom stereocenters. The average Bonchev–Trinajstić information content (AvgIpc) is 2.57. The summed E-state index contributed by atoms with van der Waals surface area (Å²) in [4.78, 5) is 10.3. The van der Waals surface area contributed by atoms with Crippen LogP contribution in [0.25, 0.3) is 0 Å². The van der Waals surface area contributed by atoms with Crippen LogP contribution in [-0.4, -0.2) is 11.1 Å². The van der Waals surface area contributed by atoms with Crippen LogP contribution in [0.5, 0.6) is 0 Å². The molecule has 0 atom stereocenters. The van der Waals surface area contributed by atoms with Gasteiger partial charge >= 0.3 is 82.3 Å². The first-order valence-electron chi connectivity index (χ1n) is 10.2. The molecule has 0 aromatic rings. The van der Waals surface area contributed by atoms with Gasteiger partial charge in [-0.1, -0.05) is 96.8 Å². The average molecular weight is 669 g/mol. The van der Waals surface area contributed by atoms with Crippen molar-refractivity contribution in [3.63, 3.8) is 0 Å². The van der Waals surface area contributed by atoms with E-state index < -0.39 is 76.0 Å². The maximum absolute atomic E-state index is 10.3. The van der Waals surface area contributed by atoms with E-state index in [1.807, 2.05) is 0 Å². The van der Waals surface area contributed by atoms with Gasteiger partial charge in [0.2, 0.25) is 0 Å². The SMILES string of the molecule is CCCCCCCCCCCCCCCCCC(=O)O.[O]=[Nd](=[O])=[O].[O]=[Nd](=[O])=[O]. The number of aliphatic carboxylic acids is 1. The third-order valence-corrected chi connectivity index (χ3v) is 3.99. The molecule has 164 valence electrons. The number of rotatable bonds is 16. The monoisotopic (exact) mass is 664 g/mol. The van der Waals surface area contributed by atoms with Crippen LogP contribution >= 0.6 is 0 Å². The summed E-state index contributed by atoms with van der Waals surface area (Å²) < 4.78 is 51.8. The molecule has 0 fully saturated rings. The van der Waals surface area contributed by atoms with Crippen molar-refractivity contribution < 1.29 is 86.2 Å². The van der Waals surface area contributed by atoms with Gasteiger partial charge in [-0.2, -0.15) is 0 Å². The Bertz CT molecular complexity index is 497. The number of carboxylic acid groups (broad SMARTS) is 1. The molecule has 0 heterocycles. The molecule has 0 aliphatic carbocycles. The van der Waals surface area contributed by atoms with Crippen LogP contribution in [0.1, 0.15) is 110 Å². The second kappa shape index (κ2) is 30.2. The molecule has 0 aliphatic heterocycles. The molecule has 0 bridgehead atoms. The Labute approximate surface area is 199 Å². The molecule has 0 aliphatic rings. The molecule has 10 heteroatoms. The van der Waals surface area contributed by atoms with Crippen LogP contribution in [-0.2, 0) is 11.1 Å². The van der Waals surface area contributed by atoms with Gasteiger partial charge in [-0.05, 0) is 6.42 Å². The number of carbonyl (C=O) groups is 1. The van der Waals surface area contributed by atoms with Crippen LogP contribution in [0.4, 0.5) is 0 Å².